The maximum absolute atomic E-state index is 5.75. The molecule has 0 bridgehead atoms. The Labute approximate surface area is 125 Å². The van der Waals surface area contributed by atoms with Crippen LogP contribution in [0.5, 0.6) is 0 Å². The van der Waals surface area contributed by atoms with Gasteiger partial charge in [-0.25, -0.2) is 9.66 Å². The summed E-state index contributed by atoms with van der Waals surface area (Å²) in [5.41, 5.74) is 7.60. The molecule has 2 aromatic carbocycles. The average molecular weight is 329 g/mol. The number of halogens is 1. The lowest BCUT2D eigenvalue weighted by atomic mass is 10.1. The fourth-order valence-corrected chi connectivity index (χ4v) is 2.71. The number of nitrogens with zero attached hydrogens (tertiary/aromatic N) is 3. The Kier molecular flexibility index (Phi) is 3.28. The minimum Gasteiger partial charge on any atom is -0.368 e. The van der Waals surface area contributed by atoms with E-state index in [4.69, 9.17) is 5.73 Å². The highest BCUT2D eigenvalue weighted by atomic mass is 79.9. The molecule has 0 unspecified atom stereocenters. The van der Waals surface area contributed by atoms with Gasteiger partial charge in [0.1, 0.15) is 0 Å². The highest BCUT2D eigenvalue weighted by Crippen LogP contribution is 2.25. The van der Waals surface area contributed by atoms with Crippen LogP contribution in [0.1, 0.15) is 11.3 Å². The summed E-state index contributed by atoms with van der Waals surface area (Å²) in [7, 11) is 0. The van der Waals surface area contributed by atoms with Crippen molar-refractivity contribution in [3.05, 3.63) is 58.3 Å². The molecule has 0 aliphatic heterocycles. The number of hydrogen-bond acceptors (Lipinski definition) is 3. The van der Waals surface area contributed by atoms with Gasteiger partial charge >= 0.3 is 0 Å². The summed E-state index contributed by atoms with van der Waals surface area (Å²) in [5, 5.41) is 6.68. The zero-order valence-corrected chi connectivity index (χ0v) is 12.5. The fourth-order valence-electron chi connectivity index (χ4n) is 2.09. The number of benzene rings is 2. The molecule has 100 valence electrons. The number of fused-ring (bicyclic) bond motifs is 1. The SMILES string of the molecule is Cc1cn(N=Cc2cc(Br)c3ccccc3c2)c(N)n1. The molecule has 0 atom stereocenters. The number of aryl methyl sites for hydroxylation is 1. The van der Waals surface area contributed by atoms with Crippen molar-refractivity contribution in [1.29, 1.82) is 0 Å². The summed E-state index contributed by atoms with van der Waals surface area (Å²) in [5.74, 6) is 0.388. The van der Waals surface area contributed by atoms with Gasteiger partial charge in [-0.2, -0.15) is 5.10 Å². The second-order valence-electron chi connectivity index (χ2n) is 4.55. The zero-order valence-electron chi connectivity index (χ0n) is 10.9. The summed E-state index contributed by atoms with van der Waals surface area (Å²) in [6.45, 7) is 1.88. The first-order valence-corrected chi connectivity index (χ1v) is 6.97. The topological polar surface area (TPSA) is 56.2 Å². The largest absolute Gasteiger partial charge is 0.368 e. The monoisotopic (exact) mass is 328 g/mol. The molecule has 0 radical (unpaired) electrons. The van der Waals surface area contributed by atoms with Gasteiger partial charge in [0.25, 0.3) is 0 Å². The van der Waals surface area contributed by atoms with Crippen LogP contribution < -0.4 is 5.73 Å². The molecule has 4 nitrogen and oxygen atoms in total. The van der Waals surface area contributed by atoms with Crippen LogP contribution in [0, 0.1) is 6.92 Å². The molecule has 5 heteroatoms. The molecule has 0 saturated heterocycles. The molecule has 0 fully saturated rings. The lowest BCUT2D eigenvalue weighted by molar-refractivity contribution is 0.897. The van der Waals surface area contributed by atoms with E-state index in [9.17, 15) is 0 Å². The number of nitrogens with two attached hydrogens (primary N) is 1. The first kappa shape index (κ1) is 12.9. The third-order valence-corrected chi connectivity index (χ3v) is 3.66. The predicted molar refractivity (Wildman–Crippen MR) is 86.0 cm³/mol. The van der Waals surface area contributed by atoms with Gasteiger partial charge in [-0.1, -0.05) is 40.2 Å². The van der Waals surface area contributed by atoms with Crippen LogP contribution in [-0.4, -0.2) is 15.9 Å². The normalized spacial score (nSPS) is 11.5. The molecule has 3 rings (SSSR count). The van der Waals surface area contributed by atoms with Gasteiger partial charge in [-0.3, -0.25) is 0 Å². The van der Waals surface area contributed by atoms with Crippen LogP contribution >= 0.6 is 15.9 Å². The Balaban J connectivity index is 2.01. The standard InChI is InChI=1S/C15H13BrN4/c1-10-9-20(15(17)19-10)18-8-11-6-12-4-2-3-5-13(12)14(16)7-11/h2-9H,1H3,(H2,17,19). The van der Waals surface area contributed by atoms with Gasteiger partial charge in [0.05, 0.1) is 18.1 Å². The van der Waals surface area contributed by atoms with E-state index in [1.807, 2.05) is 25.1 Å². The first-order chi connectivity index (χ1) is 9.63. The first-order valence-electron chi connectivity index (χ1n) is 6.17. The summed E-state index contributed by atoms with van der Waals surface area (Å²) in [6.07, 6.45) is 3.57. The fraction of sp³-hybridized carbons (Fsp3) is 0.0667. The number of hydrogen-bond donors (Lipinski definition) is 1. The predicted octanol–water partition coefficient (Wildman–Crippen LogP) is 3.57. The van der Waals surface area contributed by atoms with E-state index >= 15 is 0 Å². The van der Waals surface area contributed by atoms with Crippen molar-refractivity contribution in [2.24, 2.45) is 5.10 Å². The molecule has 2 N–H and O–H groups in total. The van der Waals surface area contributed by atoms with Crippen molar-refractivity contribution in [1.82, 2.24) is 9.66 Å². The van der Waals surface area contributed by atoms with Crippen LogP contribution in [0.15, 0.2) is 52.2 Å². The molecule has 0 aliphatic rings. The van der Waals surface area contributed by atoms with Gasteiger partial charge in [-0.05, 0) is 35.4 Å². The van der Waals surface area contributed by atoms with E-state index in [0.29, 0.717) is 5.95 Å². The van der Waals surface area contributed by atoms with Crippen LogP contribution in [0.2, 0.25) is 0 Å². The number of nitrogen functional groups attached to an aromatic ring is 1. The number of imidazole rings is 1. The minimum absolute atomic E-state index is 0.388. The summed E-state index contributed by atoms with van der Waals surface area (Å²) < 4.78 is 2.62. The third-order valence-electron chi connectivity index (χ3n) is 3.00. The molecular formula is C15H13BrN4. The molecule has 1 aromatic heterocycles. The number of anilines is 1. The highest BCUT2D eigenvalue weighted by Gasteiger charge is 2.01. The van der Waals surface area contributed by atoms with E-state index < -0.39 is 0 Å². The Morgan fingerprint density at radius 2 is 2.10 bits per heavy atom. The highest BCUT2D eigenvalue weighted by molar-refractivity contribution is 9.10. The Bertz CT molecular complexity index is 805. The Morgan fingerprint density at radius 3 is 2.85 bits per heavy atom. The van der Waals surface area contributed by atoms with Crippen molar-refractivity contribution in [2.75, 3.05) is 5.73 Å². The summed E-state index contributed by atoms with van der Waals surface area (Å²) >= 11 is 3.59. The van der Waals surface area contributed by atoms with Crippen LogP contribution in [0.25, 0.3) is 10.8 Å². The van der Waals surface area contributed by atoms with E-state index in [-0.39, 0.29) is 0 Å². The minimum atomic E-state index is 0.388. The maximum Gasteiger partial charge on any atom is 0.221 e. The van der Waals surface area contributed by atoms with Crippen LogP contribution in [0.3, 0.4) is 0 Å². The number of aromatic nitrogens is 2. The van der Waals surface area contributed by atoms with E-state index in [1.54, 1.807) is 17.1 Å². The maximum atomic E-state index is 5.75. The molecular weight excluding hydrogens is 316 g/mol. The molecule has 0 spiro atoms. The molecule has 0 saturated carbocycles. The lowest BCUT2D eigenvalue weighted by Crippen LogP contribution is -1.97. The lowest BCUT2D eigenvalue weighted by Gasteiger charge is -2.02. The van der Waals surface area contributed by atoms with Crippen molar-refractivity contribution in [3.8, 4) is 0 Å². The molecule has 0 aliphatic carbocycles. The van der Waals surface area contributed by atoms with Crippen molar-refractivity contribution >= 4 is 38.9 Å². The second kappa shape index (κ2) is 5.09. The van der Waals surface area contributed by atoms with Crippen LogP contribution in [-0.2, 0) is 0 Å². The zero-order chi connectivity index (χ0) is 14.1. The molecule has 1 heterocycles. The van der Waals surface area contributed by atoms with Gasteiger partial charge in [-0.15, -0.1) is 0 Å². The van der Waals surface area contributed by atoms with Gasteiger partial charge in [0.2, 0.25) is 5.95 Å². The molecule has 20 heavy (non-hydrogen) atoms. The van der Waals surface area contributed by atoms with Crippen LogP contribution in [0.4, 0.5) is 5.95 Å². The van der Waals surface area contributed by atoms with Gasteiger partial charge in [0.15, 0.2) is 0 Å². The third kappa shape index (κ3) is 2.44. The van der Waals surface area contributed by atoms with Gasteiger partial charge < -0.3 is 5.73 Å². The van der Waals surface area contributed by atoms with E-state index in [0.717, 1.165) is 21.1 Å². The molecule has 0 amide bonds. The van der Waals surface area contributed by atoms with E-state index in [1.165, 1.54) is 5.39 Å². The quantitative estimate of drug-likeness (QED) is 0.731. The summed E-state index contributed by atoms with van der Waals surface area (Å²) in [4.78, 5) is 4.11. The summed E-state index contributed by atoms with van der Waals surface area (Å²) in [6, 6.07) is 12.3. The smallest absolute Gasteiger partial charge is 0.221 e. The van der Waals surface area contributed by atoms with E-state index in [2.05, 4.69) is 44.2 Å². The molecule has 3 aromatic rings. The van der Waals surface area contributed by atoms with Crippen molar-refractivity contribution in [3.63, 3.8) is 0 Å². The number of rotatable bonds is 2. The van der Waals surface area contributed by atoms with Crippen molar-refractivity contribution in [2.45, 2.75) is 6.92 Å². The average Bonchev–Trinajstić information content (AvgIpc) is 2.75. The Hall–Kier alpha value is -2.14. The Morgan fingerprint density at radius 1 is 1.30 bits per heavy atom. The van der Waals surface area contributed by atoms with Crippen molar-refractivity contribution < 1.29 is 0 Å². The van der Waals surface area contributed by atoms with Gasteiger partial charge in [0, 0.05) is 4.47 Å². The second-order valence-corrected chi connectivity index (χ2v) is 5.41.